The Morgan fingerprint density at radius 2 is 1.83 bits per heavy atom. The van der Waals surface area contributed by atoms with Gasteiger partial charge in [0.05, 0.1) is 5.69 Å². The summed E-state index contributed by atoms with van der Waals surface area (Å²) < 4.78 is 47.1. The molecule has 1 aliphatic heterocycles. The van der Waals surface area contributed by atoms with E-state index in [1.54, 1.807) is 24.3 Å². The lowest BCUT2D eigenvalue weighted by Gasteiger charge is -2.26. The third-order valence-electron chi connectivity index (χ3n) is 3.10. The van der Waals surface area contributed by atoms with E-state index in [0.29, 0.717) is 5.56 Å². The Hall–Kier alpha value is -2.22. The monoisotopic (exact) mass is 387 g/mol. The lowest BCUT2D eigenvalue weighted by atomic mass is 10.1. The molecule has 1 unspecified atom stereocenters. The molecule has 3 rings (SSSR count). The van der Waals surface area contributed by atoms with Gasteiger partial charge in [-0.05, 0) is 24.3 Å². The summed E-state index contributed by atoms with van der Waals surface area (Å²) in [7, 11) is 0. The number of carbonyl (C=O) groups is 1. The van der Waals surface area contributed by atoms with Gasteiger partial charge in [0.2, 0.25) is 6.10 Å². The van der Waals surface area contributed by atoms with E-state index in [9.17, 15) is 18.0 Å². The maximum absolute atomic E-state index is 12.3. The van der Waals surface area contributed by atoms with Gasteiger partial charge >= 0.3 is 6.36 Å². The van der Waals surface area contributed by atoms with Crippen LogP contribution >= 0.6 is 15.9 Å². The molecule has 0 spiro atoms. The van der Waals surface area contributed by atoms with Crippen LogP contribution in [-0.4, -0.2) is 12.3 Å². The molecule has 1 atom stereocenters. The molecule has 1 heterocycles. The second-order valence-corrected chi connectivity index (χ2v) is 5.66. The van der Waals surface area contributed by atoms with Gasteiger partial charge in [-0.2, -0.15) is 0 Å². The molecule has 8 heteroatoms. The smallest absolute Gasteiger partial charge is 0.473 e. The summed E-state index contributed by atoms with van der Waals surface area (Å²) in [4.78, 5) is 12.1. The van der Waals surface area contributed by atoms with E-state index in [4.69, 9.17) is 4.74 Å². The second kappa shape index (κ2) is 5.77. The summed E-state index contributed by atoms with van der Waals surface area (Å²) in [5, 5.41) is 2.60. The standard InChI is InChI=1S/C15H9BrF3NO3/c16-9-3-1-8(2-4-9)13-14(21)20-11-6-5-10(7-12(11)22-13)23-15(17,18)19/h1-7,13H,(H,20,21). The topological polar surface area (TPSA) is 47.6 Å². The number of carbonyl (C=O) groups excluding carboxylic acids is 1. The summed E-state index contributed by atoms with van der Waals surface area (Å²) in [6, 6.07) is 10.4. The normalized spacial score (nSPS) is 17.0. The minimum atomic E-state index is -4.79. The van der Waals surface area contributed by atoms with Crippen molar-refractivity contribution < 1.29 is 27.4 Å². The molecule has 2 aromatic carbocycles. The first-order valence-electron chi connectivity index (χ1n) is 6.44. The number of fused-ring (bicyclic) bond motifs is 1. The SMILES string of the molecule is O=C1Nc2ccc(OC(F)(F)F)cc2OC1c1ccc(Br)cc1. The van der Waals surface area contributed by atoms with Gasteiger partial charge in [0.25, 0.3) is 5.91 Å². The maximum Gasteiger partial charge on any atom is 0.573 e. The van der Waals surface area contributed by atoms with Crippen molar-refractivity contribution >= 4 is 27.5 Å². The van der Waals surface area contributed by atoms with E-state index in [1.165, 1.54) is 6.07 Å². The van der Waals surface area contributed by atoms with Crippen molar-refractivity contribution in [2.24, 2.45) is 0 Å². The fourth-order valence-electron chi connectivity index (χ4n) is 2.14. The van der Waals surface area contributed by atoms with Crippen LogP contribution in [-0.2, 0) is 4.79 Å². The first-order valence-corrected chi connectivity index (χ1v) is 7.24. The Balaban J connectivity index is 1.89. The number of anilines is 1. The number of amides is 1. The largest absolute Gasteiger partial charge is 0.573 e. The Morgan fingerprint density at radius 3 is 2.48 bits per heavy atom. The highest BCUT2D eigenvalue weighted by molar-refractivity contribution is 9.10. The summed E-state index contributed by atoms with van der Waals surface area (Å²) in [6.45, 7) is 0. The third-order valence-corrected chi connectivity index (χ3v) is 3.63. The summed E-state index contributed by atoms with van der Waals surface area (Å²) in [6.07, 6.45) is -5.74. The zero-order valence-electron chi connectivity index (χ0n) is 11.4. The average Bonchev–Trinajstić information content (AvgIpc) is 2.46. The Labute approximate surface area is 137 Å². The van der Waals surface area contributed by atoms with Crippen LogP contribution < -0.4 is 14.8 Å². The van der Waals surface area contributed by atoms with E-state index < -0.39 is 24.1 Å². The van der Waals surface area contributed by atoms with Crippen molar-refractivity contribution in [1.82, 2.24) is 0 Å². The van der Waals surface area contributed by atoms with E-state index in [0.717, 1.165) is 16.6 Å². The number of hydrogen-bond donors (Lipinski definition) is 1. The fourth-order valence-corrected chi connectivity index (χ4v) is 2.40. The highest BCUT2D eigenvalue weighted by atomic mass is 79.9. The molecule has 0 aromatic heterocycles. The second-order valence-electron chi connectivity index (χ2n) is 4.74. The zero-order chi connectivity index (χ0) is 16.6. The van der Waals surface area contributed by atoms with E-state index in [2.05, 4.69) is 26.0 Å². The van der Waals surface area contributed by atoms with Crippen LogP contribution in [0.25, 0.3) is 0 Å². The zero-order valence-corrected chi connectivity index (χ0v) is 12.9. The van der Waals surface area contributed by atoms with Gasteiger partial charge in [-0.3, -0.25) is 4.79 Å². The lowest BCUT2D eigenvalue weighted by Crippen LogP contribution is -2.30. The van der Waals surface area contributed by atoms with Gasteiger partial charge in [-0.25, -0.2) is 0 Å². The Kier molecular flexibility index (Phi) is 3.93. The first-order chi connectivity index (χ1) is 10.8. The maximum atomic E-state index is 12.3. The van der Waals surface area contributed by atoms with Crippen molar-refractivity contribution in [3.63, 3.8) is 0 Å². The van der Waals surface area contributed by atoms with Crippen LogP contribution in [0, 0.1) is 0 Å². The van der Waals surface area contributed by atoms with Crippen molar-refractivity contribution in [3.8, 4) is 11.5 Å². The summed E-state index contributed by atoms with van der Waals surface area (Å²) in [5.41, 5.74) is 0.872. The molecule has 0 aliphatic carbocycles. The predicted octanol–water partition coefficient (Wildman–Crippen LogP) is 4.42. The molecule has 1 N–H and O–H groups in total. The highest BCUT2D eigenvalue weighted by Gasteiger charge is 2.33. The highest BCUT2D eigenvalue weighted by Crippen LogP contribution is 2.38. The molecule has 0 saturated heterocycles. The van der Waals surface area contributed by atoms with Crippen molar-refractivity contribution in [2.75, 3.05) is 5.32 Å². The number of rotatable bonds is 2. The predicted molar refractivity (Wildman–Crippen MR) is 79.3 cm³/mol. The van der Waals surface area contributed by atoms with Crippen LogP contribution in [0.2, 0.25) is 0 Å². The number of alkyl halides is 3. The Morgan fingerprint density at radius 1 is 1.13 bits per heavy atom. The van der Waals surface area contributed by atoms with Crippen LogP contribution in [0.1, 0.15) is 11.7 Å². The van der Waals surface area contributed by atoms with Gasteiger partial charge in [-0.1, -0.05) is 28.1 Å². The van der Waals surface area contributed by atoms with Crippen LogP contribution in [0.3, 0.4) is 0 Å². The van der Waals surface area contributed by atoms with Crippen LogP contribution in [0.4, 0.5) is 18.9 Å². The fraction of sp³-hybridized carbons (Fsp3) is 0.133. The minimum Gasteiger partial charge on any atom is -0.473 e. The number of hydrogen-bond acceptors (Lipinski definition) is 3. The number of nitrogens with one attached hydrogen (secondary N) is 1. The molecule has 1 aliphatic rings. The summed E-state index contributed by atoms with van der Waals surface area (Å²) in [5.74, 6) is -0.703. The molecule has 120 valence electrons. The van der Waals surface area contributed by atoms with E-state index in [-0.39, 0.29) is 11.4 Å². The van der Waals surface area contributed by atoms with E-state index >= 15 is 0 Å². The number of ether oxygens (including phenoxy) is 2. The summed E-state index contributed by atoms with van der Waals surface area (Å²) >= 11 is 3.28. The van der Waals surface area contributed by atoms with Crippen LogP contribution in [0.15, 0.2) is 46.9 Å². The molecule has 0 bridgehead atoms. The first kappa shape index (κ1) is 15.7. The van der Waals surface area contributed by atoms with Crippen molar-refractivity contribution in [2.45, 2.75) is 12.5 Å². The molecular weight excluding hydrogens is 379 g/mol. The van der Waals surface area contributed by atoms with Gasteiger partial charge < -0.3 is 14.8 Å². The quantitative estimate of drug-likeness (QED) is 0.829. The molecular formula is C15H9BrF3NO3. The Bertz CT molecular complexity index is 747. The number of benzene rings is 2. The molecule has 0 radical (unpaired) electrons. The minimum absolute atomic E-state index is 0.110. The molecule has 2 aromatic rings. The van der Waals surface area contributed by atoms with Crippen molar-refractivity contribution in [3.05, 3.63) is 52.5 Å². The van der Waals surface area contributed by atoms with E-state index in [1.807, 2.05) is 0 Å². The molecule has 1 amide bonds. The molecule has 4 nitrogen and oxygen atoms in total. The average molecular weight is 388 g/mol. The van der Waals surface area contributed by atoms with Gasteiger partial charge in [0.15, 0.2) is 0 Å². The van der Waals surface area contributed by atoms with Gasteiger partial charge in [0, 0.05) is 16.1 Å². The lowest BCUT2D eigenvalue weighted by molar-refractivity contribution is -0.274. The molecule has 0 fully saturated rings. The van der Waals surface area contributed by atoms with Crippen molar-refractivity contribution in [1.29, 1.82) is 0 Å². The van der Waals surface area contributed by atoms with Gasteiger partial charge in [-0.15, -0.1) is 13.2 Å². The molecule has 23 heavy (non-hydrogen) atoms. The third kappa shape index (κ3) is 3.58. The molecule has 0 saturated carbocycles. The number of halogens is 4. The van der Waals surface area contributed by atoms with Gasteiger partial charge in [0.1, 0.15) is 11.5 Å². The van der Waals surface area contributed by atoms with Crippen LogP contribution in [0.5, 0.6) is 11.5 Å².